The lowest BCUT2D eigenvalue weighted by atomic mass is 10.1. The van der Waals surface area contributed by atoms with Gasteiger partial charge < -0.3 is 4.90 Å². The minimum atomic E-state index is -0.357. The van der Waals surface area contributed by atoms with E-state index in [2.05, 4.69) is 20.2 Å². The van der Waals surface area contributed by atoms with Crippen LogP contribution >= 0.6 is 0 Å². The molecule has 1 saturated heterocycles. The number of nitrogens with one attached hydrogen (secondary N) is 1. The summed E-state index contributed by atoms with van der Waals surface area (Å²) >= 11 is 0. The molecule has 3 heterocycles. The van der Waals surface area contributed by atoms with Crippen LogP contribution in [-0.4, -0.2) is 33.3 Å². The lowest BCUT2D eigenvalue weighted by molar-refractivity contribution is 0.609. The molecule has 0 atom stereocenters. The van der Waals surface area contributed by atoms with Crippen molar-refractivity contribution >= 4 is 5.82 Å². The van der Waals surface area contributed by atoms with Gasteiger partial charge in [0.2, 0.25) is 0 Å². The van der Waals surface area contributed by atoms with Crippen molar-refractivity contribution in [1.29, 1.82) is 0 Å². The lowest BCUT2D eigenvalue weighted by Crippen LogP contribution is -2.21. The average molecular weight is 309 g/mol. The van der Waals surface area contributed by atoms with Crippen LogP contribution in [0.25, 0.3) is 22.6 Å². The number of anilines is 1. The molecular weight excluding hydrogens is 293 g/mol. The Kier molecular flexibility index (Phi) is 3.49. The fourth-order valence-corrected chi connectivity index (χ4v) is 2.86. The van der Waals surface area contributed by atoms with E-state index < -0.39 is 0 Å². The van der Waals surface area contributed by atoms with Crippen molar-refractivity contribution in [3.63, 3.8) is 0 Å². The Morgan fingerprint density at radius 2 is 1.74 bits per heavy atom. The number of aromatic nitrogens is 4. The number of halogens is 1. The number of hydrogen-bond acceptors (Lipinski definition) is 4. The fraction of sp³-hybridized carbons (Fsp3) is 0.235. The Bertz CT molecular complexity index is 792. The average Bonchev–Trinajstić information content (AvgIpc) is 3.29. The maximum atomic E-state index is 14.0. The highest BCUT2D eigenvalue weighted by molar-refractivity contribution is 5.65. The summed E-state index contributed by atoms with van der Waals surface area (Å²) < 4.78 is 14.0. The summed E-state index contributed by atoms with van der Waals surface area (Å²) in [6.45, 7) is 1.71. The largest absolute Gasteiger partial charge is 0.354 e. The molecule has 0 radical (unpaired) electrons. The summed E-state index contributed by atoms with van der Waals surface area (Å²) in [5.41, 5.74) is 2.86. The van der Waals surface area contributed by atoms with Crippen LogP contribution in [0.2, 0.25) is 0 Å². The van der Waals surface area contributed by atoms with Crippen LogP contribution in [0.5, 0.6) is 0 Å². The van der Waals surface area contributed by atoms with Crippen molar-refractivity contribution in [2.75, 3.05) is 18.0 Å². The van der Waals surface area contributed by atoms with Gasteiger partial charge in [-0.25, -0.2) is 14.4 Å². The quantitative estimate of drug-likeness (QED) is 0.806. The molecule has 0 unspecified atom stereocenters. The molecule has 23 heavy (non-hydrogen) atoms. The Hall–Kier alpha value is -2.76. The van der Waals surface area contributed by atoms with E-state index in [0.717, 1.165) is 42.8 Å². The molecule has 3 aromatic rings. The van der Waals surface area contributed by atoms with Crippen LogP contribution in [0.1, 0.15) is 12.8 Å². The third-order valence-corrected chi connectivity index (χ3v) is 4.09. The van der Waals surface area contributed by atoms with E-state index in [9.17, 15) is 4.39 Å². The van der Waals surface area contributed by atoms with Crippen LogP contribution < -0.4 is 4.90 Å². The van der Waals surface area contributed by atoms with Gasteiger partial charge in [-0.1, -0.05) is 24.3 Å². The monoisotopic (exact) mass is 309 g/mol. The molecule has 0 saturated carbocycles. The normalized spacial score (nSPS) is 14.4. The predicted molar refractivity (Wildman–Crippen MR) is 86.5 cm³/mol. The summed E-state index contributed by atoms with van der Waals surface area (Å²) in [5, 5.41) is 6.88. The van der Waals surface area contributed by atoms with Crippen molar-refractivity contribution in [1.82, 2.24) is 20.2 Å². The molecule has 5 nitrogen and oxygen atoms in total. The van der Waals surface area contributed by atoms with Crippen molar-refractivity contribution < 1.29 is 4.39 Å². The highest BCUT2D eigenvalue weighted by atomic mass is 19.1. The van der Waals surface area contributed by atoms with E-state index >= 15 is 0 Å². The molecule has 6 heteroatoms. The van der Waals surface area contributed by atoms with Crippen LogP contribution in [0.15, 0.2) is 42.7 Å². The minimum Gasteiger partial charge on any atom is -0.354 e. The Balaban J connectivity index is 1.66. The third kappa shape index (κ3) is 2.67. The van der Waals surface area contributed by atoms with Crippen molar-refractivity contribution in [3.05, 3.63) is 48.5 Å². The molecule has 0 aliphatic carbocycles. The molecule has 2 aromatic heterocycles. The van der Waals surface area contributed by atoms with Crippen molar-refractivity contribution in [2.45, 2.75) is 12.8 Å². The second-order valence-electron chi connectivity index (χ2n) is 5.61. The lowest BCUT2D eigenvalue weighted by Gasteiger charge is -2.17. The molecule has 4 rings (SSSR count). The minimum absolute atomic E-state index is 0.357. The van der Waals surface area contributed by atoms with Gasteiger partial charge in [0, 0.05) is 24.8 Å². The van der Waals surface area contributed by atoms with Gasteiger partial charge in [0.1, 0.15) is 0 Å². The summed E-state index contributed by atoms with van der Waals surface area (Å²) in [6.07, 6.45) is 5.14. The third-order valence-electron chi connectivity index (χ3n) is 4.09. The van der Waals surface area contributed by atoms with E-state index in [4.69, 9.17) is 0 Å². The number of H-pyrrole nitrogens is 1. The number of nitrogens with zero attached hydrogens (tertiary/aromatic N) is 4. The maximum absolute atomic E-state index is 14.0. The maximum Gasteiger partial charge on any atom is 0.183 e. The summed E-state index contributed by atoms with van der Waals surface area (Å²) in [4.78, 5) is 10.6. The second kappa shape index (κ2) is 5.79. The molecule has 1 N–H and O–H groups in total. The van der Waals surface area contributed by atoms with E-state index in [1.54, 1.807) is 6.20 Å². The smallest absolute Gasteiger partial charge is 0.183 e. The molecule has 1 aromatic carbocycles. The number of aromatic amines is 1. The summed E-state index contributed by atoms with van der Waals surface area (Å²) in [6, 6.07) is 9.75. The molecule has 0 bridgehead atoms. The second-order valence-corrected chi connectivity index (χ2v) is 5.61. The molecule has 1 fully saturated rings. The van der Waals surface area contributed by atoms with Crippen LogP contribution in [0, 0.1) is 5.82 Å². The van der Waals surface area contributed by atoms with Gasteiger partial charge in [0.05, 0.1) is 11.9 Å². The fourth-order valence-electron chi connectivity index (χ4n) is 2.86. The number of benzene rings is 1. The van der Waals surface area contributed by atoms with Gasteiger partial charge in [-0.05, 0) is 24.5 Å². The SMILES string of the molecule is Fc1cnc(-c2ccc(-c3ccn[nH]3)cc2)nc1N1CCCC1. The summed E-state index contributed by atoms with van der Waals surface area (Å²) in [5.74, 6) is 0.597. The molecule has 1 aliphatic heterocycles. The van der Waals surface area contributed by atoms with Crippen molar-refractivity contribution in [2.24, 2.45) is 0 Å². The van der Waals surface area contributed by atoms with Gasteiger partial charge in [-0.2, -0.15) is 5.10 Å². The van der Waals surface area contributed by atoms with Gasteiger partial charge in [0.25, 0.3) is 0 Å². The first-order valence-corrected chi connectivity index (χ1v) is 7.69. The summed E-state index contributed by atoms with van der Waals surface area (Å²) in [7, 11) is 0. The van der Waals surface area contributed by atoms with Crippen molar-refractivity contribution in [3.8, 4) is 22.6 Å². The Morgan fingerprint density at radius 1 is 1.00 bits per heavy atom. The molecule has 116 valence electrons. The first-order valence-electron chi connectivity index (χ1n) is 7.69. The zero-order chi connectivity index (χ0) is 15.6. The first kappa shape index (κ1) is 13.9. The van der Waals surface area contributed by atoms with E-state index in [1.165, 1.54) is 6.20 Å². The van der Waals surface area contributed by atoms with Gasteiger partial charge >= 0.3 is 0 Å². The topological polar surface area (TPSA) is 57.7 Å². The highest BCUT2D eigenvalue weighted by Gasteiger charge is 2.19. The number of rotatable bonds is 3. The van der Waals surface area contributed by atoms with E-state index in [1.807, 2.05) is 35.2 Å². The molecule has 0 amide bonds. The van der Waals surface area contributed by atoms with Crippen LogP contribution in [0.4, 0.5) is 10.2 Å². The standard InChI is InChI=1S/C17H16FN5/c18-14-11-19-16(21-17(14)23-9-1-2-10-23)13-5-3-12(4-6-13)15-7-8-20-22-15/h3-8,11H,1-2,9-10H2,(H,20,22). The van der Waals surface area contributed by atoms with Gasteiger partial charge in [-0.3, -0.25) is 5.10 Å². The Morgan fingerprint density at radius 3 is 2.43 bits per heavy atom. The van der Waals surface area contributed by atoms with E-state index in [0.29, 0.717) is 11.6 Å². The molecule has 1 aliphatic rings. The number of hydrogen-bond donors (Lipinski definition) is 1. The highest BCUT2D eigenvalue weighted by Crippen LogP contribution is 2.25. The van der Waals surface area contributed by atoms with Gasteiger partial charge in [-0.15, -0.1) is 0 Å². The van der Waals surface area contributed by atoms with Crippen LogP contribution in [0.3, 0.4) is 0 Å². The van der Waals surface area contributed by atoms with E-state index in [-0.39, 0.29) is 5.82 Å². The predicted octanol–water partition coefficient (Wildman–Crippen LogP) is 3.27. The van der Waals surface area contributed by atoms with Gasteiger partial charge in [0.15, 0.2) is 17.5 Å². The molecular formula is C17H16FN5. The zero-order valence-electron chi connectivity index (χ0n) is 12.5. The molecule has 0 spiro atoms. The Labute approximate surface area is 133 Å². The zero-order valence-corrected chi connectivity index (χ0v) is 12.5. The first-order chi connectivity index (χ1) is 11.3. The van der Waals surface area contributed by atoms with Crippen LogP contribution in [-0.2, 0) is 0 Å².